The number of carbonyl (C=O) groups is 2. The molecule has 1 heterocycles. The van der Waals surface area contributed by atoms with Crippen LogP contribution in [-0.2, 0) is 9.59 Å². The molecule has 0 spiro atoms. The molecule has 0 aliphatic carbocycles. The minimum Gasteiger partial charge on any atom is -0.482 e. The maximum absolute atomic E-state index is 12.4. The predicted octanol–water partition coefficient (Wildman–Crippen LogP) is 2.61. The van der Waals surface area contributed by atoms with E-state index in [1.807, 2.05) is 0 Å². The largest absolute Gasteiger partial charge is 0.482 e. The van der Waals surface area contributed by atoms with Gasteiger partial charge in [0.2, 0.25) is 5.91 Å². The number of nitrogens with one attached hydrogen (secondary N) is 1. The normalized spacial score (nSPS) is 13.0. The predicted molar refractivity (Wildman–Crippen MR) is 91.0 cm³/mol. The van der Waals surface area contributed by atoms with Gasteiger partial charge in [-0.1, -0.05) is 23.7 Å². The van der Waals surface area contributed by atoms with Gasteiger partial charge in [-0.05, 0) is 18.2 Å². The third-order valence-corrected chi connectivity index (χ3v) is 3.84. The molecular weight excluding hydrogens is 350 g/mol. The maximum atomic E-state index is 12.4. The Hall–Kier alpha value is -3.13. The van der Waals surface area contributed by atoms with Gasteiger partial charge >= 0.3 is 0 Å². The molecule has 3 rings (SSSR count). The maximum Gasteiger partial charge on any atom is 0.271 e. The van der Waals surface area contributed by atoms with Gasteiger partial charge in [0.25, 0.3) is 11.6 Å². The van der Waals surface area contributed by atoms with Gasteiger partial charge < -0.3 is 10.1 Å². The van der Waals surface area contributed by atoms with Crippen molar-refractivity contribution in [3.05, 3.63) is 57.6 Å². The summed E-state index contributed by atoms with van der Waals surface area (Å²) in [6, 6.07) is 10.6. The third kappa shape index (κ3) is 3.53. The molecule has 9 heteroatoms. The monoisotopic (exact) mass is 361 g/mol. The summed E-state index contributed by atoms with van der Waals surface area (Å²) in [5.74, 6) is -0.590. The molecule has 0 unspecified atom stereocenters. The van der Waals surface area contributed by atoms with Crippen LogP contribution in [0.15, 0.2) is 42.5 Å². The van der Waals surface area contributed by atoms with Crippen LogP contribution >= 0.6 is 11.6 Å². The number of non-ortho nitro benzene ring substituents is 1. The summed E-state index contributed by atoms with van der Waals surface area (Å²) in [7, 11) is 0. The number of hydrogen-bond acceptors (Lipinski definition) is 5. The van der Waals surface area contributed by atoms with Gasteiger partial charge in [-0.15, -0.1) is 0 Å². The van der Waals surface area contributed by atoms with E-state index in [4.69, 9.17) is 16.3 Å². The summed E-state index contributed by atoms with van der Waals surface area (Å²) in [6.45, 7) is -0.480. The quantitative estimate of drug-likeness (QED) is 0.666. The van der Waals surface area contributed by atoms with Crippen LogP contribution in [-0.4, -0.2) is 29.9 Å². The highest BCUT2D eigenvalue weighted by Crippen LogP contribution is 2.30. The topological polar surface area (TPSA) is 102 Å². The number of ether oxygens (including phenoxy) is 1. The van der Waals surface area contributed by atoms with Gasteiger partial charge in [0.05, 0.1) is 21.3 Å². The first-order valence-electron chi connectivity index (χ1n) is 7.21. The highest BCUT2D eigenvalue weighted by atomic mass is 35.5. The number of fused-ring (bicyclic) bond motifs is 1. The summed E-state index contributed by atoms with van der Waals surface area (Å²) in [4.78, 5) is 35.6. The van der Waals surface area contributed by atoms with E-state index < -0.39 is 10.8 Å². The van der Waals surface area contributed by atoms with Gasteiger partial charge in [-0.25, -0.2) is 0 Å². The summed E-state index contributed by atoms with van der Waals surface area (Å²) in [6.07, 6.45) is 0. The molecule has 2 aromatic carbocycles. The molecule has 0 saturated heterocycles. The van der Waals surface area contributed by atoms with E-state index in [0.29, 0.717) is 11.4 Å². The van der Waals surface area contributed by atoms with Gasteiger partial charge in [-0.2, -0.15) is 0 Å². The Kier molecular flexibility index (Phi) is 4.53. The number of anilines is 2. The Balaban J connectivity index is 1.73. The van der Waals surface area contributed by atoms with E-state index >= 15 is 0 Å². The molecule has 1 aliphatic heterocycles. The minimum absolute atomic E-state index is 0.0267. The molecule has 0 radical (unpaired) electrons. The van der Waals surface area contributed by atoms with E-state index in [9.17, 15) is 19.7 Å². The molecule has 25 heavy (non-hydrogen) atoms. The molecule has 2 amide bonds. The van der Waals surface area contributed by atoms with Gasteiger partial charge in [0, 0.05) is 12.1 Å². The molecule has 2 aromatic rings. The number of amides is 2. The standard InChI is InChI=1S/C16H12ClN3O5/c17-11-7-10(20(23)24)5-6-14(11)25-9-16(22)19-8-15(21)18-12-3-1-2-4-13(12)19/h1-7H,8-9H2,(H,18,21). The average Bonchev–Trinajstić information content (AvgIpc) is 2.59. The molecule has 0 atom stereocenters. The zero-order chi connectivity index (χ0) is 18.0. The van der Waals surface area contributed by atoms with Gasteiger partial charge in [0.1, 0.15) is 12.3 Å². The van der Waals surface area contributed by atoms with Crippen molar-refractivity contribution in [2.24, 2.45) is 0 Å². The molecular formula is C16H12ClN3O5. The van der Waals surface area contributed by atoms with Crippen molar-refractivity contribution < 1.29 is 19.2 Å². The van der Waals surface area contributed by atoms with E-state index in [1.165, 1.54) is 17.0 Å². The van der Waals surface area contributed by atoms with E-state index in [1.54, 1.807) is 24.3 Å². The number of halogens is 1. The Labute approximate surface area is 147 Å². The lowest BCUT2D eigenvalue weighted by Crippen LogP contribution is -2.44. The van der Waals surface area contributed by atoms with Crippen LogP contribution in [0.4, 0.5) is 17.1 Å². The number of nitrogens with zero attached hydrogens (tertiary/aromatic N) is 2. The van der Waals surface area contributed by atoms with Crippen LogP contribution in [0.1, 0.15) is 0 Å². The fourth-order valence-electron chi connectivity index (χ4n) is 2.39. The number of para-hydroxylation sites is 2. The van der Waals surface area contributed by atoms with Crippen molar-refractivity contribution in [3.63, 3.8) is 0 Å². The SMILES string of the molecule is O=C1CN(C(=O)COc2ccc([N+](=O)[O-])cc2Cl)c2ccccc2N1. The lowest BCUT2D eigenvalue weighted by molar-refractivity contribution is -0.384. The highest BCUT2D eigenvalue weighted by Gasteiger charge is 2.27. The Morgan fingerprint density at radius 1 is 1.32 bits per heavy atom. The molecule has 1 aliphatic rings. The smallest absolute Gasteiger partial charge is 0.271 e. The minimum atomic E-state index is -0.579. The first-order chi connectivity index (χ1) is 12.0. The van der Waals surface area contributed by atoms with Crippen LogP contribution in [0.2, 0.25) is 5.02 Å². The van der Waals surface area contributed by atoms with Crippen LogP contribution in [0, 0.1) is 10.1 Å². The first kappa shape index (κ1) is 16.7. The third-order valence-electron chi connectivity index (χ3n) is 3.55. The second-order valence-corrected chi connectivity index (χ2v) is 5.61. The van der Waals surface area contributed by atoms with Crippen molar-refractivity contribution in [1.29, 1.82) is 0 Å². The van der Waals surface area contributed by atoms with Gasteiger partial charge in [-0.3, -0.25) is 24.6 Å². The molecule has 0 fully saturated rings. The lowest BCUT2D eigenvalue weighted by atomic mass is 10.2. The highest BCUT2D eigenvalue weighted by molar-refractivity contribution is 6.32. The van der Waals surface area contributed by atoms with Crippen LogP contribution in [0.25, 0.3) is 0 Å². The molecule has 0 aromatic heterocycles. The Morgan fingerprint density at radius 2 is 2.08 bits per heavy atom. The number of benzene rings is 2. The zero-order valence-corrected chi connectivity index (χ0v) is 13.5. The van der Waals surface area contributed by atoms with Crippen molar-refractivity contribution >= 4 is 40.5 Å². The Bertz CT molecular complexity index is 871. The molecule has 0 saturated carbocycles. The number of carbonyl (C=O) groups excluding carboxylic acids is 2. The number of nitro benzene ring substituents is 1. The zero-order valence-electron chi connectivity index (χ0n) is 12.8. The summed E-state index contributed by atoms with van der Waals surface area (Å²) < 4.78 is 5.36. The molecule has 0 bridgehead atoms. The number of rotatable bonds is 4. The molecule has 8 nitrogen and oxygen atoms in total. The second-order valence-electron chi connectivity index (χ2n) is 5.21. The lowest BCUT2D eigenvalue weighted by Gasteiger charge is -2.29. The average molecular weight is 362 g/mol. The van der Waals surface area contributed by atoms with Crippen molar-refractivity contribution in [2.45, 2.75) is 0 Å². The van der Waals surface area contributed by atoms with E-state index in [2.05, 4.69) is 5.32 Å². The number of nitro groups is 1. The fraction of sp³-hybridized carbons (Fsp3) is 0.125. The first-order valence-corrected chi connectivity index (χ1v) is 7.59. The van der Waals surface area contributed by atoms with Gasteiger partial charge in [0.15, 0.2) is 6.61 Å². The van der Waals surface area contributed by atoms with E-state index in [-0.39, 0.29) is 35.5 Å². The van der Waals surface area contributed by atoms with Crippen LogP contribution < -0.4 is 15.0 Å². The second kappa shape index (κ2) is 6.78. The molecule has 1 N–H and O–H groups in total. The van der Waals surface area contributed by atoms with Crippen LogP contribution in [0.5, 0.6) is 5.75 Å². The van der Waals surface area contributed by atoms with Crippen molar-refractivity contribution in [3.8, 4) is 5.75 Å². The Morgan fingerprint density at radius 3 is 2.80 bits per heavy atom. The molecule has 128 valence electrons. The van der Waals surface area contributed by atoms with E-state index in [0.717, 1.165) is 6.07 Å². The summed E-state index contributed by atoms with van der Waals surface area (Å²) >= 11 is 5.93. The summed E-state index contributed by atoms with van der Waals surface area (Å²) in [5.41, 5.74) is 0.941. The van der Waals surface area contributed by atoms with Crippen molar-refractivity contribution in [2.75, 3.05) is 23.4 Å². The van der Waals surface area contributed by atoms with Crippen molar-refractivity contribution in [1.82, 2.24) is 0 Å². The summed E-state index contributed by atoms with van der Waals surface area (Å²) in [5, 5.41) is 13.4. The fourth-order valence-corrected chi connectivity index (χ4v) is 2.62. The van der Waals surface area contributed by atoms with Crippen LogP contribution in [0.3, 0.4) is 0 Å². The number of hydrogen-bond donors (Lipinski definition) is 1.